The fourth-order valence-corrected chi connectivity index (χ4v) is 0.970. The Kier molecular flexibility index (Phi) is 2.84. The highest BCUT2D eigenvalue weighted by Crippen LogP contribution is 2.13. The van der Waals surface area contributed by atoms with E-state index < -0.39 is 0 Å². The lowest BCUT2D eigenvalue weighted by molar-refractivity contribution is -0.115. The van der Waals surface area contributed by atoms with Crippen LogP contribution in [0.25, 0.3) is 6.08 Å². The summed E-state index contributed by atoms with van der Waals surface area (Å²) in [6, 6.07) is 0. The van der Waals surface area contributed by atoms with Crippen LogP contribution in [0, 0.1) is 13.8 Å². The molecule has 0 aliphatic heterocycles. The molecule has 1 aromatic heterocycles. The Morgan fingerprint density at radius 1 is 1.54 bits per heavy atom. The Labute approximate surface area is 76.6 Å². The Balaban J connectivity index is 2.85. The van der Waals surface area contributed by atoms with Gasteiger partial charge in [0.1, 0.15) is 5.76 Å². The van der Waals surface area contributed by atoms with Crippen LogP contribution in [-0.4, -0.2) is 18.1 Å². The number of carbonyl (C=O) groups excluding carboxylic acids is 1. The van der Waals surface area contributed by atoms with Gasteiger partial charge in [0.15, 0.2) is 0 Å². The zero-order valence-electron chi connectivity index (χ0n) is 7.92. The third kappa shape index (κ3) is 2.18. The second kappa shape index (κ2) is 3.89. The normalized spacial score (nSPS) is 10.7. The van der Waals surface area contributed by atoms with Crippen molar-refractivity contribution in [3.05, 3.63) is 23.1 Å². The molecule has 1 amide bonds. The van der Waals surface area contributed by atoms with Crippen LogP contribution in [0.1, 0.15) is 17.0 Å². The number of nitrogens with one attached hydrogen (secondary N) is 1. The van der Waals surface area contributed by atoms with Gasteiger partial charge in [-0.15, -0.1) is 0 Å². The van der Waals surface area contributed by atoms with E-state index in [9.17, 15) is 4.79 Å². The highest BCUT2D eigenvalue weighted by Gasteiger charge is 2.04. The minimum Gasteiger partial charge on any atom is -0.361 e. The average Bonchev–Trinajstić information content (AvgIpc) is 2.43. The van der Waals surface area contributed by atoms with Crippen molar-refractivity contribution in [1.82, 2.24) is 10.5 Å². The smallest absolute Gasteiger partial charge is 0.243 e. The van der Waals surface area contributed by atoms with E-state index >= 15 is 0 Å². The average molecular weight is 180 g/mol. The summed E-state index contributed by atoms with van der Waals surface area (Å²) in [4.78, 5) is 10.9. The van der Waals surface area contributed by atoms with Gasteiger partial charge in [-0.2, -0.15) is 0 Å². The molecule has 1 heterocycles. The molecule has 0 unspecified atom stereocenters. The van der Waals surface area contributed by atoms with Crippen LogP contribution in [0.2, 0.25) is 0 Å². The van der Waals surface area contributed by atoms with Crippen LogP contribution < -0.4 is 5.32 Å². The summed E-state index contributed by atoms with van der Waals surface area (Å²) in [5.41, 5.74) is 1.65. The number of likely N-dealkylation sites (N-methyl/N-ethyl adjacent to an activating group) is 1. The number of rotatable bonds is 2. The summed E-state index contributed by atoms with van der Waals surface area (Å²) >= 11 is 0. The molecule has 1 rings (SSSR count). The molecule has 13 heavy (non-hydrogen) atoms. The molecule has 0 saturated carbocycles. The third-order valence-electron chi connectivity index (χ3n) is 1.74. The summed E-state index contributed by atoms with van der Waals surface area (Å²) in [6.07, 6.45) is 3.15. The Bertz CT molecular complexity index is 320. The predicted molar refractivity (Wildman–Crippen MR) is 49.1 cm³/mol. The SMILES string of the molecule is CNC(=O)/C=C/c1c(C)noc1C. The van der Waals surface area contributed by atoms with Crippen molar-refractivity contribution in [2.24, 2.45) is 0 Å². The van der Waals surface area contributed by atoms with Gasteiger partial charge in [-0.25, -0.2) is 0 Å². The maximum absolute atomic E-state index is 10.9. The summed E-state index contributed by atoms with van der Waals surface area (Å²) < 4.78 is 4.93. The number of carbonyl (C=O) groups is 1. The van der Waals surface area contributed by atoms with Crippen LogP contribution in [0.15, 0.2) is 10.6 Å². The molecule has 0 fully saturated rings. The minimum absolute atomic E-state index is 0.139. The molecule has 0 spiro atoms. The lowest BCUT2D eigenvalue weighted by Crippen LogP contribution is -2.13. The van der Waals surface area contributed by atoms with Crippen molar-refractivity contribution in [3.63, 3.8) is 0 Å². The lowest BCUT2D eigenvalue weighted by atomic mass is 10.2. The molecule has 0 bridgehead atoms. The molecule has 4 nitrogen and oxygen atoms in total. The van der Waals surface area contributed by atoms with Crippen molar-refractivity contribution in [2.75, 3.05) is 7.05 Å². The number of nitrogens with zero attached hydrogens (tertiary/aromatic N) is 1. The minimum atomic E-state index is -0.139. The standard InChI is InChI=1S/C9H12N2O2/c1-6-8(7(2)13-11-6)4-5-9(12)10-3/h4-5H,1-3H3,(H,10,12)/b5-4+. The van der Waals surface area contributed by atoms with E-state index in [-0.39, 0.29) is 5.91 Å². The van der Waals surface area contributed by atoms with Gasteiger partial charge in [0, 0.05) is 18.7 Å². The van der Waals surface area contributed by atoms with E-state index in [0.717, 1.165) is 17.0 Å². The molecule has 1 aromatic rings. The molecule has 0 radical (unpaired) electrons. The number of hydrogen-bond acceptors (Lipinski definition) is 3. The summed E-state index contributed by atoms with van der Waals surface area (Å²) in [6.45, 7) is 3.64. The van der Waals surface area contributed by atoms with Crippen molar-refractivity contribution in [3.8, 4) is 0 Å². The molecule has 0 saturated heterocycles. The number of aromatic nitrogens is 1. The van der Waals surface area contributed by atoms with E-state index in [0.29, 0.717) is 0 Å². The van der Waals surface area contributed by atoms with E-state index in [4.69, 9.17) is 4.52 Å². The zero-order valence-corrected chi connectivity index (χ0v) is 7.92. The Morgan fingerprint density at radius 2 is 2.23 bits per heavy atom. The summed E-state index contributed by atoms with van der Waals surface area (Å²) in [7, 11) is 1.58. The van der Waals surface area contributed by atoms with E-state index in [2.05, 4.69) is 10.5 Å². The first kappa shape index (κ1) is 9.51. The van der Waals surface area contributed by atoms with Gasteiger partial charge in [0.2, 0.25) is 5.91 Å². The third-order valence-corrected chi connectivity index (χ3v) is 1.74. The molecule has 1 N–H and O–H groups in total. The van der Waals surface area contributed by atoms with Gasteiger partial charge in [0.05, 0.1) is 5.69 Å². The largest absolute Gasteiger partial charge is 0.361 e. The molecule has 4 heteroatoms. The Hall–Kier alpha value is -1.58. The maximum Gasteiger partial charge on any atom is 0.243 e. The van der Waals surface area contributed by atoms with Gasteiger partial charge < -0.3 is 9.84 Å². The van der Waals surface area contributed by atoms with E-state index in [1.54, 1.807) is 13.1 Å². The van der Waals surface area contributed by atoms with Crippen LogP contribution in [0.3, 0.4) is 0 Å². The van der Waals surface area contributed by atoms with Crippen LogP contribution in [0.4, 0.5) is 0 Å². The van der Waals surface area contributed by atoms with Crippen LogP contribution in [0.5, 0.6) is 0 Å². The van der Waals surface area contributed by atoms with Gasteiger partial charge in [0.25, 0.3) is 0 Å². The van der Waals surface area contributed by atoms with Crippen molar-refractivity contribution in [1.29, 1.82) is 0 Å². The second-order valence-corrected chi connectivity index (χ2v) is 2.69. The van der Waals surface area contributed by atoms with Gasteiger partial charge in [-0.1, -0.05) is 5.16 Å². The first-order valence-corrected chi connectivity index (χ1v) is 3.98. The number of aryl methyl sites for hydroxylation is 2. The summed E-state index contributed by atoms with van der Waals surface area (Å²) in [5.74, 6) is 0.581. The van der Waals surface area contributed by atoms with Crippen LogP contribution >= 0.6 is 0 Å². The molecule has 0 aliphatic carbocycles. The second-order valence-electron chi connectivity index (χ2n) is 2.69. The molecular weight excluding hydrogens is 168 g/mol. The monoisotopic (exact) mass is 180 g/mol. The molecule has 0 aromatic carbocycles. The molecule has 70 valence electrons. The summed E-state index contributed by atoms with van der Waals surface area (Å²) in [5, 5.41) is 6.25. The van der Waals surface area contributed by atoms with E-state index in [1.165, 1.54) is 6.08 Å². The van der Waals surface area contributed by atoms with Crippen molar-refractivity contribution in [2.45, 2.75) is 13.8 Å². The van der Waals surface area contributed by atoms with E-state index in [1.807, 2.05) is 13.8 Å². The molecule has 0 aliphatic rings. The zero-order chi connectivity index (χ0) is 9.84. The number of amides is 1. The lowest BCUT2D eigenvalue weighted by Gasteiger charge is -1.90. The van der Waals surface area contributed by atoms with Crippen molar-refractivity contribution >= 4 is 12.0 Å². The fourth-order valence-electron chi connectivity index (χ4n) is 0.970. The number of hydrogen-bond donors (Lipinski definition) is 1. The maximum atomic E-state index is 10.9. The highest BCUT2D eigenvalue weighted by atomic mass is 16.5. The molecular formula is C9H12N2O2. The predicted octanol–water partition coefficient (Wildman–Crippen LogP) is 1.05. The first-order chi connectivity index (χ1) is 6.15. The van der Waals surface area contributed by atoms with Crippen molar-refractivity contribution < 1.29 is 9.32 Å². The van der Waals surface area contributed by atoms with Crippen LogP contribution in [-0.2, 0) is 4.79 Å². The highest BCUT2D eigenvalue weighted by molar-refractivity contribution is 5.91. The first-order valence-electron chi connectivity index (χ1n) is 3.98. The van der Waals surface area contributed by atoms with Gasteiger partial charge in [-0.05, 0) is 19.9 Å². The quantitative estimate of drug-likeness (QED) is 0.692. The van der Waals surface area contributed by atoms with Gasteiger partial charge >= 0.3 is 0 Å². The molecule has 0 atom stereocenters. The van der Waals surface area contributed by atoms with Gasteiger partial charge in [-0.3, -0.25) is 4.79 Å². The fraction of sp³-hybridized carbons (Fsp3) is 0.333. The Morgan fingerprint density at radius 3 is 2.69 bits per heavy atom. The topological polar surface area (TPSA) is 55.1 Å².